The van der Waals surface area contributed by atoms with E-state index < -0.39 is 0 Å². The first-order chi connectivity index (χ1) is 9.11. The van der Waals surface area contributed by atoms with Crippen LogP contribution in [0.4, 0.5) is 8.78 Å². The van der Waals surface area contributed by atoms with Crippen LogP contribution in [0, 0.1) is 18.6 Å². The van der Waals surface area contributed by atoms with E-state index in [1.54, 1.807) is 32.2 Å². The van der Waals surface area contributed by atoms with Gasteiger partial charge in [0.2, 0.25) is 0 Å². The van der Waals surface area contributed by atoms with Crippen molar-refractivity contribution in [3.63, 3.8) is 0 Å². The summed E-state index contributed by atoms with van der Waals surface area (Å²) in [6.45, 7) is 2.11. The predicted octanol–water partition coefficient (Wildman–Crippen LogP) is 3.78. The first-order valence-electron chi connectivity index (χ1n) is 5.98. The fourth-order valence-electron chi connectivity index (χ4n) is 1.83. The van der Waals surface area contributed by atoms with Crippen LogP contribution < -0.4 is 10.1 Å². The van der Waals surface area contributed by atoms with Gasteiger partial charge >= 0.3 is 0 Å². The predicted molar refractivity (Wildman–Crippen MR) is 70.4 cm³/mol. The molecule has 0 saturated heterocycles. The van der Waals surface area contributed by atoms with Crippen molar-refractivity contribution in [2.75, 3.05) is 7.05 Å². The van der Waals surface area contributed by atoms with E-state index in [1.807, 2.05) is 0 Å². The first kappa shape index (κ1) is 13.5. The highest BCUT2D eigenvalue weighted by Gasteiger charge is 2.11. The van der Waals surface area contributed by atoms with Gasteiger partial charge in [-0.25, -0.2) is 8.78 Å². The van der Waals surface area contributed by atoms with E-state index in [2.05, 4.69) is 5.32 Å². The molecule has 1 N–H and O–H groups in total. The molecule has 2 rings (SSSR count). The van der Waals surface area contributed by atoms with Gasteiger partial charge in [-0.3, -0.25) is 0 Å². The Morgan fingerprint density at radius 3 is 2.58 bits per heavy atom. The van der Waals surface area contributed by atoms with E-state index in [4.69, 9.17) is 4.74 Å². The summed E-state index contributed by atoms with van der Waals surface area (Å²) < 4.78 is 32.4. The molecule has 0 fully saturated rings. The normalized spacial score (nSPS) is 10.5. The lowest BCUT2D eigenvalue weighted by Gasteiger charge is -2.13. The maximum absolute atomic E-state index is 13.7. The molecule has 0 unspecified atom stereocenters. The number of ether oxygens (including phenoxy) is 1. The van der Waals surface area contributed by atoms with Crippen LogP contribution in [0.5, 0.6) is 11.5 Å². The van der Waals surface area contributed by atoms with Crippen molar-refractivity contribution >= 4 is 0 Å². The highest BCUT2D eigenvalue weighted by Crippen LogP contribution is 2.29. The van der Waals surface area contributed by atoms with Crippen molar-refractivity contribution in [1.82, 2.24) is 5.32 Å². The van der Waals surface area contributed by atoms with Crippen molar-refractivity contribution in [3.05, 3.63) is 59.2 Å². The van der Waals surface area contributed by atoms with Gasteiger partial charge in [-0.1, -0.05) is 6.07 Å². The van der Waals surface area contributed by atoms with E-state index in [0.717, 1.165) is 0 Å². The molecule has 0 bridgehead atoms. The minimum absolute atomic E-state index is 0.320. The number of aryl methyl sites for hydroxylation is 1. The molecule has 0 spiro atoms. The number of rotatable bonds is 4. The monoisotopic (exact) mass is 263 g/mol. The SMILES string of the molecule is CNCc1c(F)cccc1Oc1ccc(F)cc1C. The lowest BCUT2D eigenvalue weighted by molar-refractivity contribution is 0.459. The zero-order valence-electron chi connectivity index (χ0n) is 10.8. The second-order valence-electron chi connectivity index (χ2n) is 4.26. The second kappa shape index (κ2) is 5.80. The fraction of sp³-hybridized carbons (Fsp3) is 0.200. The van der Waals surface area contributed by atoms with Crippen LogP contribution in [0.15, 0.2) is 36.4 Å². The molecule has 0 amide bonds. The number of benzene rings is 2. The van der Waals surface area contributed by atoms with Gasteiger partial charge < -0.3 is 10.1 Å². The Kier molecular flexibility index (Phi) is 4.12. The molecule has 0 aromatic heterocycles. The molecule has 100 valence electrons. The summed E-state index contributed by atoms with van der Waals surface area (Å²) in [7, 11) is 1.74. The summed E-state index contributed by atoms with van der Waals surface area (Å²) in [5, 5.41) is 2.89. The summed E-state index contributed by atoms with van der Waals surface area (Å²) in [6.07, 6.45) is 0. The average molecular weight is 263 g/mol. The van der Waals surface area contributed by atoms with Gasteiger partial charge in [0.25, 0.3) is 0 Å². The number of hydrogen-bond acceptors (Lipinski definition) is 2. The average Bonchev–Trinajstić information content (AvgIpc) is 2.37. The standard InChI is InChI=1S/C15H15F2NO/c1-10-8-11(16)6-7-14(10)19-15-5-3-4-13(17)12(15)9-18-2/h3-8,18H,9H2,1-2H3. The number of hydrogen-bond donors (Lipinski definition) is 1. The summed E-state index contributed by atoms with van der Waals surface area (Å²) in [4.78, 5) is 0. The van der Waals surface area contributed by atoms with E-state index in [9.17, 15) is 8.78 Å². The van der Waals surface area contributed by atoms with Gasteiger partial charge in [-0.05, 0) is 49.9 Å². The summed E-state index contributed by atoms with van der Waals surface area (Å²) in [5.41, 5.74) is 1.12. The molecule has 0 saturated carbocycles. The van der Waals surface area contributed by atoms with Gasteiger partial charge in [-0.2, -0.15) is 0 Å². The Morgan fingerprint density at radius 2 is 1.89 bits per heavy atom. The van der Waals surface area contributed by atoms with Crippen LogP contribution in [-0.2, 0) is 6.54 Å². The Morgan fingerprint density at radius 1 is 1.11 bits per heavy atom. The molecule has 0 atom stereocenters. The molecule has 19 heavy (non-hydrogen) atoms. The number of halogens is 2. The molecular formula is C15H15F2NO. The molecular weight excluding hydrogens is 248 g/mol. The summed E-state index contributed by atoms with van der Waals surface area (Å²) in [6, 6.07) is 8.91. The quantitative estimate of drug-likeness (QED) is 0.906. The van der Waals surface area contributed by atoms with Crippen molar-refractivity contribution in [2.45, 2.75) is 13.5 Å². The third-order valence-corrected chi connectivity index (χ3v) is 2.79. The molecule has 0 aliphatic heterocycles. The van der Waals surface area contributed by atoms with E-state index in [1.165, 1.54) is 18.2 Å². The van der Waals surface area contributed by atoms with Crippen LogP contribution >= 0.6 is 0 Å². The molecule has 0 aliphatic rings. The Hall–Kier alpha value is -1.94. The van der Waals surface area contributed by atoms with Gasteiger partial charge in [0.05, 0.1) is 0 Å². The maximum Gasteiger partial charge on any atom is 0.134 e. The Labute approximate surface area is 111 Å². The Balaban J connectivity index is 2.35. The summed E-state index contributed by atoms with van der Waals surface area (Å²) >= 11 is 0. The smallest absolute Gasteiger partial charge is 0.134 e. The van der Waals surface area contributed by atoms with Gasteiger partial charge in [0.15, 0.2) is 0 Å². The van der Waals surface area contributed by atoms with E-state index >= 15 is 0 Å². The highest BCUT2D eigenvalue weighted by atomic mass is 19.1. The highest BCUT2D eigenvalue weighted by molar-refractivity contribution is 5.41. The van der Waals surface area contributed by atoms with Gasteiger partial charge in [-0.15, -0.1) is 0 Å². The van der Waals surface area contributed by atoms with Crippen LogP contribution in [0.25, 0.3) is 0 Å². The molecule has 2 aromatic carbocycles. The van der Waals surface area contributed by atoms with E-state index in [-0.39, 0.29) is 11.6 Å². The topological polar surface area (TPSA) is 21.3 Å². The zero-order chi connectivity index (χ0) is 13.8. The van der Waals surface area contributed by atoms with Crippen molar-refractivity contribution in [2.24, 2.45) is 0 Å². The molecule has 0 radical (unpaired) electrons. The minimum Gasteiger partial charge on any atom is -0.457 e. The molecule has 2 aromatic rings. The van der Waals surface area contributed by atoms with Crippen LogP contribution in [0.3, 0.4) is 0 Å². The first-order valence-corrected chi connectivity index (χ1v) is 5.98. The largest absolute Gasteiger partial charge is 0.457 e. The second-order valence-corrected chi connectivity index (χ2v) is 4.26. The minimum atomic E-state index is -0.327. The van der Waals surface area contributed by atoms with E-state index in [0.29, 0.717) is 29.2 Å². The zero-order valence-corrected chi connectivity index (χ0v) is 10.8. The number of nitrogens with one attached hydrogen (secondary N) is 1. The molecule has 4 heteroatoms. The fourth-order valence-corrected chi connectivity index (χ4v) is 1.83. The maximum atomic E-state index is 13.7. The van der Waals surface area contributed by atoms with Crippen LogP contribution in [0.1, 0.15) is 11.1 Å². The lowest BCUT2D eigenvalue weighted by atomic mass is 10.1. The van der Waals surface area contributed by atoms with Crippen LogP contribution in [-0.4, -0.2) is 7.05 Å². The lowest BCUT2D eigenvalue weighted by Crippen LogP contribution is -2.08. The van der Waals surface area contributed by atoms with Gasteiger partial charge in [0, 0.05) is 12.1 Å². The van der Waals surface area contributed by atoms with Crippen LogP contribution in [0.2, 0.25) is 0 Å². The molecule has 0 heterocycles. The molecule has 0 aliphatic carbocycles. The van der Waals surface area contributed by atoms with Crippen molar-refractivity contribution in [1.29, 1.82) is 0 Å². The third-order valence-electron chi connectivity index (χ3n) is 2.79. The van der Waals surface area contributed by atoms with Crippen molar-refractivity contribution < 1.29 is 13.5 Å². The Bertz CT molecular complexity index is 584. The molecule has 2 nitrogen and oxygen atoms in total. The van der Waals surface area contributed by atoms with Gasteiger partial charge in [0.1, 0.15) is 23.1 Å². The third kappa shape index (κ3) is 3.09. The van der Waals surface area contributed by atoms with Crippen molar-refractivity contribution in [3.8, 4) is 11.5 Å². The summed E-state index contributed by atoms with van der Waals surface area (Å²) in [5.74, 6) is 0.305.